The number of unbranched alkanes of at least 4 members (excludes halogenated alkanes) is 1. The molecule has 2 heteroatoms. The van der Waals surface area contributed by atoms with Gasteiger partial charge < -0.3 is 9.64 Å². The fraction of sp³-hybridized carbons (Fsp3) is 1.00. The Morgan fingerprint density at radius 3 is 2.92 bits per heavy atom. The summed E-state index contributed by atoms with van der Waals surface area (Å²) in [5.74, 6) is 0. The zero-order chi connectivity index (χ0) is 8.65. The number of rotatable bonds is 3. The first-order valence-corrected chi connectivity index (χ1v) is 5.23. The molecule has 72 valence electrons. The van der Waals surface area contributed by atoms with E-state index in [0.29, 0.717) is 0 Å². The molecule has 0 N–H and O–H groups in total. The Balaban J connectivity index is 2.11. The molecule has 1 aliphatic rings. The molecule has 0 aromatic rings. The van der Waals surface area contributed by atoms with E-state index in [1.165, 1.54) is 38.8 Å². The summed E-state index contributed by atoms with van der Waals surface area (Å²) in [5.41, 5.74) is 0. The van der Waals surface area contributed by atoms with E-state index in [0.717, 1.165) is 19.8 Å². The lowest BCUT2D eigenvalue weighted by Gasteiger charge is -2.24. The van der Waals surface area contributed by atoms with Gasteiger partial charge in [0.05, 0.1) is 6.61 Å². The predicted octanol–water partition coefficient (Wildman–Crippen LogP) is 1.90. The first-order chi connectivity index (χ1) is 5.93. The second-order valence-electron chi connectivity index (χ2n) is 3.51. The van der Waals surface area contributed by atoms with Crippen molar-refractivity contribution in [1.29, 1.82) is 0 Å². The van der Waals surface area contributed by atoms with Gasteiger partial charge in [-0.3, -0.25) is 0 Å². The highest BCUT2D eigenvalue weighted by Gasteiger charge is 2.06. The summed E-state index contributed by atoms with van der Waals surface area (Å²) < 4.78 is 5.44. The molecule has 0 bridgehead atoms. The number of hydrogen-bond donors (Lipinski definition) is 0. The number of hydrogen-bond acceptors (Lipinski definition) is 2. The van der Waals surface area contributed by atoms with Crippen molar-refractivity contribution >= 4 is 0 Å². The van der Waals surface area contributed by atoms with Crippen LogP contribution in [-0.4, -0.2) is 37.7 Å². The predicted molar refractivity (Wildman–Crippen MR) is 51.4 cm³/mol. The van der Waals surface area contributed by atoms with Gasteiger partial charge in [0.25, 0.3) is 0 Å². The molecule has 1 saturated heterocycles. The standard InChI is InChI=1S/C10H21NO/c1-2-3-6-11-7-4-5-9-12-10-8-11/h2-10H2,1H3. The largest absolute Gasteiger partial charge is 0.380 e. The normalized spacial score (nSPS) is 21.8. The van der Waals surface area contributed by atoms with E-state index in [4.69, 9.17) is 4.74 Å². The molecule has 1 rings (SSSR count). The first kappa shape index (κ1) is 10.0. The van der Waals surface area contributed by atoms with Crippen molar-refractivity contribution in [2.45, 2.75) is 32.6 Å². The van der Waals surface area contributed by atoms with E-state index in [-0.39, 0.29) is 0 Å². The lowest BCUT2D eigenvalue weighted by molar-refractivity contribution is 0.0802. The minimum Gasteiger partial charge on any atom is -0.380 e. The van der Waals surface area contributed by atoms with E-state index >= 15 is 0 Å². The van der Waals surface area contributed by atoms with Gasteiger partial charge in [-0.1, -0.05) is 13.3 Å². The average Bonchev–Trinajstić information content (AvgIpc) is 2.02. The van der Waals surface area contributed by atoms with Crippen molar-refractivity contribution in [2.75, 3.05) is 32.8 Å². The zero-order valence-electron chi connectivity index (χ0n) is 8.22. The topological polar surface area (TPSA) is 12.5 Å². The van der Waals surface area contributed by atoms with E-state index in [1.807, 2.05) is 0 Å². The number of ether oxygens (including phenoxy) is 1. The SMILES string of the molecule is CCCCN1CCCCOCC1. The van der Waals surface area contributed by atoms with Crippen molar-refractivity contribution < 1.29 is 4.74 Å². The van der Waals surface area contributed by atoms with Gasteiger partial charge in [-0.2, -0.15) is 0 Å². The maximum Gasteiger partial charge on any atom is 0.0593 e. The molecule has 1 fully saturated rings. The van der Waals surface area contributed by atoms with Crippen LogP contribution in [0.15, 0.2) is 0 Å². The summed E-state index contributed by atoms with van der Waals surface area (Å²) in [5, 5.41) is 0. The summed E-state index contributed by atoms with van der Waals surface area (Å²) >= 11 is 0. The summed E-state index contributed by atoms with van der Waals surface area (Å²) in [6.45, 7) is 7.84. The first-order valence-electron chi connectivity index (χ1n) is 5.23. The highest BCUT2D eigenvalue weighted by atomic mass is 16.5. The highest BCUT2D eigenvalue weighted by molar-refractivity contribution is 4.59. The van der Waals surface area contributed by atoms with Crippen molar-refractivity contribution in [2.24, 2.45) is 0 Å². The molecule has 0 radical (unpaired) electrons. The third kappa shape index (κ3) is 4.07. The smallest absolute Gasteiger partial charge is 0.0593 e. The minimum absolute atomic E-state index is 0.934. The zero-order valence-corrected chi connectivity index (χ0v) is 8.22. The fourth-order valence-corrected chi connectivity index (χ4v) is 1.55. The highest BCUT2D eigenvalue weighted by Crippen LogP contribution is 2.02. The van der Waals surface area contributed by atoms with Gasteiger partial charge in [0.1, 0.15) is 0 Å². The van der Waals surface area contributed by atoms with Crippen LogP contribution in [0.5, 0.6) is 0 Å². The molecular weight excluding hydrogens is 150 g/mol. The van der Waals surface area contributed by atoms with Crippen LogP contribution in [0.3, 0.4) is 0 Å². The molecular formula is C10H21NO. The molecule has 0 aromatic carbocycles. The van der Waals surface area contributed by atoms with Crippen LogP contribution in [0.1, 0.15) is 32.6 Å². The molecule has 0 atom stereocenters. The van der Waals surface area contributed by atoms with Gasteiger partial charge in [0, 0.05) is 13.2 Å². The van der Waals surface area contributed by atoms with Crippen molar-refractivity contribution in [1.82, 2.24) is 4.90 Å². The fourth-order valence-electron chi connectivity index (χ4n) is 1.55. The van der Waals surface area contributed by atoms with Crippen LogP contribution in [-0.2, 0) is 4.74 Å². The van der Waals surface area contributed by atoms with Gasteiger partial charge in [0.2, 0.25) is 0 Å². The molecule has 0 amide bonds. The van der Waals surface area contributed by atoms with Crippen LogP contribution in [0.2, 0.25) is 0 Å². The maximum atomic E-state index is 5.44. The van der Waals surface area contributed by atoms with Crippen molar-refractivity contribution in [3.63, 3.8) is 0 Å². The van der Waals surface area contributed by atoms with Gasteiger partial charge in [-0.25, -0.2) is 0 Å². The maximum absolute atomic E-state index is 5.44. The average molecular weight is 171 g/mol. The Kier molecular flexibility index (Phi) is 5.37. The van der Waals surface area contributed by atoms with Gasteiger partial charge in [0.15, 0.2) is 0 Å². The minimum atomic E-state index is 0.934. The third-order valence-electron chi connectivity index (χ3n) is 2.39. The molecule has 1 heterocycles. The molecule has 2 nitrogen and oxygen atoms in total. The summed E-state index contributed by atoms with van der Waals surface area (Å²) in [6.07, 6.45) is 5.18. The summed E-state index contributed by atoms with van der Waals surface area (Å²) in [7, 11) is 0. The van der Waals surface area contributed by atoms with Crippen LogP contribution >= 0.6 is 0 Å². The second-order valence-corrected chi connectivity index (χ2v) is 3.51. The quantitative estimate of drug-likeness (QED) is 0.643. The van der Waals surface area contributed by atoms with E-state index in [2.05, 4.69) is 11.8 Å². The second kappa shape index (κ2) is 6.44. The Morgan fingerprint density at radius 1 is 1.17 bits per heavy atom. The van der Waals surface area contributed by atoms with Crippen molar-refractivity contribution in [3.8, 4) is 0 Å². The lowest BCUT2D eigenvalue weighted by atomic mass is 10.2. The Morgan fingerprint density at radius 2 is 2.08 bits per heavy atom. The molecule has 0 aliphatic carbocycles. The molecule has 12 heavy (non-hydrogen) atoms. The van der Waals surface area contributed by atoms with Gasteiger partial charge >= 0.3 is 0 Å². The molecule has 0 spiro atoms. The molecule has 0 saturated carbocycles. The van der Waals surface area contributed by atoms with Gasteiger partial charge in [-0.15, -0.1) is 0 Å². The van der Waals surface area contributed by atoms with Crippen LogP contribution in [0.4, 0.5) is 0 Å². The van der Waals surface area contributed by atoms with E-state index in [9.17, 15) is 0 Å². The Bertz CT molecular complexity index is 95.3. The third-order valence-corrected chi connectivity index (χ3v) is 2.39. The Hall–Kier alpha value is -0.0800. The molecule has 0 aromatic heterocycles. The lowest BCUT2D eigenvalue weighted by Crippen LogP contribution is -2.31. The summed E-state index contributed by atoms with van der Waals surface area (Å²) in [4.78, 5) is 2.53. The Labute approximate surface area is 75.9 Å². The van der Waals surface area contributed by atoms with Crippen molar-refractivity contribution in [3.05, 3.63) is 0 Å². The molecule has 1 aliphatic heterocycles. The monoisotopic (exact) mass is 171 g/mol. The molecule has 0 unspecified atom stereocenters. The summed E-state index contributed by atoms with van der Waals surface area (Å²) in [6, 6.07) is 0. The van der Waals surface area contributed by atoms with E-state index < -0.39 is 0 Å². The van der Waals surface area contributed by atoms with Crippen LogP contribution < -0.4 is 0 Å². The van der Waals surface area contributed by atoms with Crippen LogP contribution in [0.25, 0.3) is 0 Å². The number of nitrogens with zero attached hydrogens (tertiary/aromatic N) is 1. The van der Waals surface area contributed by atoms with E-state index in [1.54, 1.807) is 0 Å². The van der Waals surface area contributed by atoms with Crippen LogP contribution in [0, 0.1) is 0 Å². The van der Waals surface area contributed by atoms with Gasteiger partial charge in [-0.05, 0) is 32.4 Å².